The molecule has 12 heteroatoms. The highest BCUT2D eigenvalue weighted by Crippen LogP contribution is 2.41. The van der Waals surface area contributed by atoms with Crippen molar-refractivity contribution in [3.8, 4) is 0 Å². The summed E-state index contributed by atoms with van der Waals surface area (Å²) in [6.07, 6.45) is -0.759. The van der Waals surface area contributed by atoms with Crippen molar-refractivity contribution in [1.82, 2.24) is 20.6 Å². The molecule has 2 aromatic carbocycles. The lowest BCUT2D eigenvalue weighted by molar-refractivity contribution is -0.139. The second kappa shape index (κ2) is 17.1. The molecule has 5 rings (SSSR count). The standard InChI is InChI=1S/C42H48F4N4O4/c1-5-25(3)31(21-29(51)20-28-10-7-8-13-35(28)43)40(54)50-41(17-14-36-33(23-41)30-11-9-12-34(38(30)49-36)42(44,45)46)37(52)22-32(26(4)6-2)39(53)48-24-27-15-18-47-19-16-27/h7-13,15-16,18-19,25-26,31-32,49H,5-6,14,17,20-24H2,1-4H3,(H,48,53)(H,50,54)/t25?,26?,31-,32-,41+/m0/s1. The number of amides is 2. The molecule has 8 nitrogen and oxygen atoms in total. The highest BCUT2D eigenvalue weighted by Gasteiger charge is 2.47. The van der Waals surface area contributed by atoms with E-state index in [1.54, 1.807) is 36.7 Å². The lowest BCUT2D eigenvalue weighted by atomic mass is 9.72. The van der Waals surface area contributed by atoms with Crippen LogP contribution in [0.4, 0.5) is 17.6 Å². The number of aromatic amines is 1. The average Bonchev–Trinajstić information content (AvgIpc) is 3.52. The van der Waals surface area contributed by atoms with E-state index in [0.29, 0.717) is 29.5 Å². The van der Waals surface area contributed by atoms with E-state index in [2.05, 4.69) is 20.6 Å². The van der Waals surface area contributed by atoms with Gasteiger partial charge in [0.25, 0.3) is 0 Å². The molecule has 2 aromatic heterocycles. The third-order valence-electron chi connectivity index (χ3n) is 11.3. The molecule has 0 radical (unpaired) electrons. The summed E-state index contributed by atoms with van der Waals surface area (Å²) < 4.78 is 56.7. The van der Waals surface area contributed by atoms with Gasteiger partial charge in [-0.2, -0.15) is 13.2 Å². The summed E-state index contributed by atoms with van der Waals surface area (Å²) in [5.74, 6) is -4.28. The number of benzene rings is 2. The van der Waals surface area contributed by atoms with Crippen LogP contribution in [0.1, 0.15) is 87.7 Å². The number of hydrogen-bond donors (Lipinski definition) is 3. The van der Waals surface area contributed by atoms with Gasteiger partial charge in [-0.15, -0.1) is 0 Å². The van der Waals surface area contributed by atoms with Crippen molar-refractivity contribution in [3.05, 3.63) is 101 Å². The predicted octanol–water partition coefficient (Wildman–Crippen LogP) is 7.87. The quantitative estimate of drug-likeness (QED) is 0.101. The first-order chi connectivity index (χ1) is 25.7. The van der Waals surface area contributed by atoms with E-state index in [9.17, 15) is 36.7 Å². The molecule has 5 atom stereocenters. The molecule has 0 saturated heterocycles. The van der Waals surface area contributed by atoms with Gasteiger partial charge in [-0.1, -0.05) is 70.9 Å². The maximum absolute atomic E-state index is 14.8. The van der Waals surface area contributed by atoms with E-state index in [0.717, 1.165) is 11.6 Å². The minimum Gasteiger partial charge on any atom is -0.358 e. The normalized spacial score (nSPS) is 17.9. The Bertz CT molecular complexity index is 1980. The van der Waals surface area contributed by atoms with Crippen LogP contribution in [0.25, 0.3) is 10.9 Å². The second-order valence-electron chi connectivity index (χ2n) is 14.8. The van der Waals surface area contributed by atoms with Crippen LogP contribution in [0.5, 0.6) is 0 Å². The van der Waals surface area contributed by atoms with Crippen LogP contribution >= 0.6 is 0 Å². The largest absolute Gasteiger partial charge is 0.418 e. The maximum Gasteiger partial charge on any atom is 0.418 e. The number of para-hydroxylation sites is 1. The molecule has 4 aromatic rings. The fourth-order valence-corrected chi connectivity index (χ4v) is 7.51. The van der Waals surface area contributed by atoms with Crippen LogP contribution in [0.2, 0.25) is 0 Å². The van der Waals surface area contributed by atoms with Gasteiger partial charge in [0.1, 0.15) is 17.1 Å². The smallest absolute Gasteiger partial charge is 0.358 e. The Balaban J connectivity index is 1.49. The number of aromatic nitrogens is 2. The van der Waals surface area contributed by atoms with Crippen molar-refractivity contribution in [2.45, 2.75) is 97.3 Å². The number of Topliss-reactive ketones (excluding diaryl/α,β-unsaturated/α-hetero) is 2. The molecule has 0 bridgehead atoms. The molecule has 54 heavy (non-hydrogen) atoms. The summed E-state index contributed by atoms with van der Waals surface area (Å²) in [6, 6.07) is 13.4. The Kier molecular flexibility index (Phi) is 12.7. The first-order valence-corrected chi connectivity index (χ1v) is 18.6. The molecular weight excluding hydrogens is 700 g/mol. The summed E-state index contributed by atoms with van der Waals surface area (Å²) in [4.78, 5) is 63.2. The minimum atomic E-state index is -4.63. The molecule has 2 unspecified atom stereocenters. The molecule has 0 fully saturated rings. The third kappa shape index (κ3) is 9.07. The summed E-state index contributed by atoms with van der Waals surface area (Å²) in [6.45, 7) is 7.74. The summed E-state index contributed by atoms with van der Waals surface area (Å²) in [5, 5.41) is 6.28. The lowest BCUT2D eigenvalue weighted by Gasteiger charge is -2.39. The molecule has 1 aliphatic carbocycles. The number of ketones is 2. The zero-order chi connectivity index (χ0) is 39.2. The first kappa shape index (κ1) is 40.3. The molecule has 3 N–H and O–H groups in total. The van der Waals surface area contributed by atoms with E-state index in [4.69, 9.17) is 0 Å². The van der Waals surface area contributed by atoms with Gasteiger partial charge in [-0.05, 0) is 65.6 Å². The Morgan fingerprint density at radius 3 is 2.20 bits per heavy atom. The van der Waals surface area contributed by atoms with Crippen molar-refractivity contribution in [2.75, 3.05) is 0 Å². The Labute approximate surface area is 312 Å². The molecule has 0 aliphatic heterocycles. The van der Waals surface area contributed by atoms with Crippen LogP contribution in [-0.4, -0.2) is 38.9 Å². The first-order valence-electron chi connectivity index (χ1n) is 18.6. The van der Waals surface area contributed by atoms with Gasteiger partial charge < -0.3 is 15.6 Å². The monoisotopic (exact) mass is 748 g/mol. The van der Waals surface area contributed by atoms with Crippen LogP contribution in [0, 0.1) is 29.5 Å². The average molecular weight is 749 g/mol. The molecular formula is C42H48F4N4O4. The number of nitrogens with zero attached hydrogens (tertiary/aromatic N) is 1. The zero-order valence-electron chi connectivity index (χ0n) is 31.1. The number of nitrogens with one attached hydrogen (secondary N) is 3. The summed E-state index contributed by atoms with van der Waals surface area (Å²) in [7, 11) is 0. The van der Waals surface area contributed by atoms with E-state index in [1.165, 1.54) is 24.3 Å². The number of carbonyl (C=O) groups excluding carboxylic acids is 4. The highest BCUT2D eigenvalue weighted by atomic mass is 19.4. The van der Waals surface area contributed by atoms with Crippen LogP contribution < -0.4 is 10.6 Å². The van der Waals surface area contributed by atoms with E-state index >= 15 is 0 Å². The van der Waals surface area contributed by atoms with Crippen molar-refractivity contribution < 1.29 is 36.7 Å². The number of fused-ring (bicyclic) bond motifs is 3. The maximum atomic E-state index is 14.8. The second-order valence-corrected chi connectivity index (χ2v) is 14.8. The van der Waals surface area contributed by atoms with E-state index < -0.39 is 46.6 Å². The highest BCUT2D eigenvalue weighted by molar-refractivity contribution is 5.99. The topological polar surface area (TPSA) is 121 Å². The lowest BCUT2D eigenvalue weighted by Crippen LogP contribution is -2.60. The summed E-state index contributed by atoms with van der Waals surface area (Å²) >= 11 is 0. The van der Waals surface area contributed by atoms with Gasteiger partial charge in [-0.3, -0.25) is 24.2 Å². The SMILES string of the molecule is CCC(C)[C@H](CC(=O)[C@@]1(NC(=O)[C@@H](CC(=O)Cc2ccccc2F)C(C)CC)CCc2[nH]c3c(C(F)(F)F)cccc3c2C1)C(=O)NCc1ccncc1. The van der Waals surface area contributed by atoms with Gasteiger partial charge in [0.15, 0.2) is 5.78 Å². The van der Waals surface area contributed by atoms with E-state index in [1.807, 2.05) is 27.7 Å². The van der Waals surface area contributed by atoms with Crippen LogP contribution in [-0.2, 0) is 51.2 Å². The number of alkyl halides is 3. The van der Waals surface area contributed by atoms with Crippen molar-refractivity contribution in [3.63, 3.8) is 0 Å². The van der Waals surface area contributed by atoms with Gasteiger partial charge in [0.2, 0.25) is 11.8 Å². The number of rotatable bonds is 16. The van der Waals surface area contributed by atoms with Gasteiger partial charge in [0, 0.05) is 67.5 Å². The van der Waals surface area contributed by atoms with Crippen molar-refractivity contribution >= 4 is 34.3 Å². The van der Waals surface area contributed by atoms with Gasteiger partial charge in [0.05, 0.1) is 11.1 Å². The Morgan fingerprint density at radius 2 is 1.56 bits per heavy atom. The fraction of sp³-hybridized carbons (Fsp3) is 0.452. The molecule has 0 spiro atoms. The van der Waals surface area contributed by atoms with Crippen LogP contribution in [0.15, 0.2) is 67.0 Å². The fourth-order valence-electron chi connectivity index (χ4n) is 7.51. The van der Waals surface area contributed by atoms with Crippen LogP contribution in [0.3, 0.4) is 0 Å². The molecule has 288 valence electrons. The molecule has 2 amide bonds. The zero-order valence-corrected chi connectivity index (χ0v) is 31.1. The Hall–Kier alpha value is -4.87. The number of pyridine rings is 1. The van der Waals surface area contributed by atoms with E-state index in [-0.39, 0.29) is 79.7 Å². The van der Waals surface area contributed by atoms with Gasteiger partial charge in [-0.25, -0.2) is 4.39 Å². The summed E-state index contributed by atoms with van der Waals surface area (Å²) in [5.41, 5.74) is -0.412. The number of aryl methyl sites for hydroxylation is 1. The molecule has 2 heterocycles. The van der Waals surface area contributed by atoms with Crippen molar-refractivity contribution in [2.24, 2.45) is 23.7 Å². The van der Waals surface area contributed by atoms with Crippen molar-refractivity contribution in [1.29, 1.82) is 0 Å². The number of H-pyrrole nitrogens is 1. The number of hydrogen-bond acceptors (Lipinski definition) is 5. The third-order valence-corrected chi connectivity index (χ3v) is 11.3. The predicted molar refractivity (Wildman–Crippen MR) is 198 cm³/mol. The molecule has 1 aliphatic rings. The Morgan fingerprint density at radius 1 is 0.889 bits per heavy atom. The molecule has 0 saturated carbocycles. The van der Waals surface area contributed by atoms with Gasteiger partial charge >= 0.3 is 6.18 Å². The number of halogens is 4. The number of carbonyl (C=O) groups is 4. The minimum absolute atomic E-state index is 0.0704.